The molecule has 0 saturated carbocycles. The normalized spacial score (nSPS) is 14.6. The first-order valence-electron chi connectivity index (χ1n) is 8.13. The van der Waals surface area contributed by atoms with Crippen LogP contribution in [0.1, 0.15) is 22.3 Å². The molecule has 2 aromatic carbocycles. The van der Waals surface area contributed by atoms with Crippen molar-refractivity contribution >= 4 is 34.0 Å². The van der Waals surface area contributed by atoms with E-state index in [0.29, 0.717) is 23.7 Å². The number of fused-ring (bicyclic) bond motifs is 1. The van der Waals surface area contributed by atoms with Gasteiger partial charge in [-0.15, -0.1) is 0 Å². The van der Waals surface area contributed by atoms with Crippen LogP contribution in [0.15, 0.2) is 54.7 Å². The van der Waals surface area contributed by atoms with Crippen molar-refractivity contribution in [1.82, 2.24) is 9.88 Å². The van der Waals surface area contributed by atoms with Crippen molar-refractivity contribution in [3.05, 3.63) is 76.7 Å². The second-order valence-corrected chi connectivity index (χ2v) is 6.57. The van der Waals surface area contributed by atoms with Gasteiger partial charge in [-0.05, 0) is 54.5 Å². The summed E-state index contributed by atoms with van der Waals surface area (Å²) in [7, 11) is 0. The monoisotopic (exact) mass is 354 g/mol. The number of benzene rings is 2. The lowest BCUT2D eigenvalue weighted by atomic mass is 9.98. The number of nitrogens with one attached hydrogen (secondary N) is 1. The van der Waals surface area contributed by atoms with Crippen LogP contribution >= 0.6 is 11.6 Å². The van der Waals surface area contributed by atoms with Crippen molar-refractivity contribution in [2.24, 2.45) is 0 Å². The summed E-state index contributed by atoms with van der Waals surface area (Å²) in [5.74, 6) is -0.410. The number of carbonyl (C=O) groups is 1. The average Bonchev–Trinajstić information content (AvgIpc) is 3.05. The highest BCUT2D eigenvalue weighted by molar-refractivity contribution is 6.31. The van der Waals surface area contributed by atoms with Crippen molar-refractivity contribution in [2.75, 3.05) is 13.1 Å². The van der Waals surface area contributed by atoms with Gasteiger partial charge < -0.3 is 9.88 Å². The molecule has 1 aromatic heterocycles. The molecule has 25 heavy (non-hydrogen) atoms. The molecule has 0 bridgehead atoms. The molecule has 2 heterocycles. The Morgan fingerprint density at radius 3 is 2.68 bits per heavy atom. The van der Waals surface area contributed by atoms with Crippen LogP contribution in [0.25, 0.3) is 16.5 Å². The Morgan fingerprint density at radius 2 is 1.96 bits per heavy atom. The number of H-pyrrole nitrogens is 1. The van der Waals surface area contributed by atoms with Crippen LogP contribution in [0.3, 0.4) is 0 Å². The van der Waals surface area contributed by atoms with Crippen LogP contribution in [-0.2, 0) is 0 Å². The van der Waals surface area contributed by atoms with E-state index >= 15 is 0 Å². The van der Waals surface area contributed by atoms with Crippen molar-refractivity contribution in [3.63, 3.8) is 0 Å². The Morgan fingerprint density at radius 1 is 1.16 bits per heavy atom. The standard InChI is InChI=1S/C20H16ClFN2O/c21-15-3-6-19-17(11-15)18(12-23-19)13-7-9-24(10-8-13)20(25)14-1-4-16(22)5-2-14/h1-7,11-12,23H,8-10H2. The minimum Gasteiger partial charge on any atom is -0.361 e. The zero-order valence-electron chi connectivity index (χ0n) is 13.4. The number of nitrogens with zero attached hydrogens (tertiary/aromatic N) is 1. The lowest BCUT2D eigenvalue weighted by Crippen LogP contribution is -2.34. The summed E-state index contributed by atoms with van der Waals surface area (Å²) in [6.07, 6.45) is 4.84. The van der Waals surface area contributed by atoms with Crippen molar-refractivity contribution in [3.8, 4) is 0 Å². The van der Waals surface area contributed by atoms with Gasteiger partial charge in [0.05, 0.1) is 0 Å². The summed E-state index contributed by atoms with van der Waals surface area (Å²) >= 11 is 6.12. The van der Waals surface area contributed by atoms with Gasteiger partial charge >= 0.3 is 0 Å². The van der Waals surface area contributed by atoms with Gasteiger partial charge in [0.2, 0.25) is 0 Å². The summed E-state index contributed by atoms with van der Waals surface area (Å²) in [5.41, 5.74) is 3.89. The second-order valence-electron chi connectivity index (χ2n) is 6.13. The van der Waals surface area contributed by atoms with Crippen molar-refractivity contribution in [2.45, 2.75) is 6.42 Å². The summed E-state index contributed by atoms with van der Waals surface area (Å²) in [6.45, 7) is 1.17. The molecule has 1 aliphatic heterocycles. The number of hydrogen-bond donors (Lipinski definition) is 1. The first-order chi connectivity index (χ1) is 12.1. The van der Waals surface area contributed by atoms with Crippen LogP contribution in [0.5, 0.6) is 0 Å². The highest BCUT2D eigenvalue weighted by Crippen LogP contribution is 2.31. The van der Waals surface area contributed by atoms with Crippen molar-refractivity contribution in [1.29, 1.82) is 0 Å². The van der Waals surface area contributed by atoms with E-state index in [9.17, 15) is 9.18 Å². The molecule has 0 fully saturated rings. The minimum atomic E-state index is -0.338. The highest BCUT2D eigenvalue weighted by atomic mass is 35.5. The highest BCUT2D eigenvalue weighted by Gasteiger charge is 2.20. The van der Waals surface area contributed by atoms with E-state index in [0.717, 1.165) is 22.9 Å². The predicted molar refractivity (Wildman–Crippen MR) is 98.2 cm³/mol. The molecule has 4 rings (SSSR count). The molecule has 1 aliphatic rings. The number of hydrogen-bond acceptors (Lipinski definition) is 1. The van der Waals surface area contributed by atoms with Gasteiger partial charge in [-0.3, -0.25) is 4.79 Å². The summed E-state index contributed by atoms with van der Waals surface area (Å²) in [5, 5.41) is 1.80. The lowest BCUT2D eigenvalue weighted by Gasteiger charge is -2.26. The zero-order chi connectivity index (χ0) is 17.4. The molecular weight excluding hydrogens is 339 g/mol. The maximum atomic E-state index is 13.0. The van der Waals surface area contributed by atoms with E-state index in [-0.39, 0.29) is 11.7 Å². The predicted octanol–water partition coefficient (Wildman–Crippen LogP) is 4.89. The fraction of sp³-hybridized carbons (Fsp3) is 0.150. The molecule has 3 nitrogen and oxygen atoms in total. The molecular formula is C20H16ClFN2O. The SMILES string of the molecule is O=C(c1ccc(F)cc1)N1CC=C(c2c[nH]c3ccc(Cl)cc23)CC1. The van der Waals surface area contributed by atoms with E-state index in [1.807, 2.05) is 24.4 Å². The quantitative estimate of drug-likeness (QED) is 0.698. The molecule has 0 saturated heterocycles. The number of amides is 1. The zero-order valence-corrected chi connectivity index (χ0v) is 14.2. The summed E-state index contributed by atoms with van der Waals surface area (Å²) in [6, 6.07) is 11.5. The largest absolute Gasteiger partial charge is 0.361 e. The van der Waals surface area contributed by atoms with E-state index in [2.05, 4.69) is 11.1 Å². The Bertz CT molecular complexity index is 975. The molecule has 1 N–H and O–H groups in total. The minimum absolute atomic E-state index is 0.0720. The third-order valence-electron chi connectivity index (χ3n) is 4.58. The van der Waals surface area contributed by atoms with Gasteiger partial charge in [-0.1, -0.05) is 17.7 Å². The van der Waals surface area contributed by atoms with Gasteiger partial charge in [-0.25, -0.2) is 4.39 Å². The molecule has 5 heteroatoms. The molecule has 0 atom stereocenters. The van der Waals surface area contributed by atoms with E-state index in [1.165, 1.54) is 29.8 Å². The third-order valence-corrected chi connectivity index (χ3v) is 4.81. The van der Waals surface area contributed by atoms with Crippen molar-refractivity contribution < 1.29 is 9.18 Å². The van der Waals surface area contributed by atoms with Gasteiger partial charge in [0.1, 0.15) is 5.82 Å². The number of carbonyl (C=O) groups excluding carboxylic acids is 1. The molecule has 0 unspecified atom stereocenters. The first kappa shape index (κ1) is 15.9. The van der Waals surface area contributed by atoms with Gasteiger partial charge in [0, 0.05) is 46.3 Å². The van der Waals surface area contributed by atoms with E-state index < -0.39 is 0 Å². The van der Waals surface area contributed by atoms with Gasteiger partial charge in [-0.2, -0.15) is 0 Å². The van der Waals surface area contributed by atoms with Crippen LogP contribution in [0.4, 0.5) is 4.39 Å². The Hall–Kier alpha value is -2.59. The number of halogens is 2. The van der Waals surface area contributed by atoms with Crippen LogP contribution in [-0.4, -0.2) is 28.9 Å². The van der Waals surface area contributed by atoms with Crippen LogP contribution < -0.4 is 0 Å². The Balaban J connectivity index is 1.56. The Labute approximate surface area is 149 Å². The number of rotatable bonds is 2. The smallest absolute Gasteiger partial charge is 0.254 e. The molecule has 126 valence electrons. The molecule has 0 radical (unpaired) electrons. The lowest BCUT2D eigenvalue weighted by molar-refractivity contribution is 0.0773. The molecule has 0 aliphatic carbocycles. The number of aromatic amines is 1. The topological polar surface area (TPSA) is 36.1 Å². The molecule has 0 spiro atoms. The van der Waals surface area contributed by atoms with E-state index in [4.69, 9.17) is 11.6 Å². The van der Waals surface area contributed by atoms with Gasteiger partial charge in [0.25, 0.3) is 5.91 Å². The van der Waals surface area contributed by atoms with Crippen LogP contribution in [0.2, 0.25) is 5.02 Å². The molecule has 1 amide bonds. The van der Waals surface area contributed by atoms with Crippen LogP contribution in [0, 0.1) is 5.82 Å². The van der Waals surface area contributed by atoms with Gasteiger partial charge in [0.15, 0.2) is 0 Å². The second kappa shape index (κ2) is 6.37. The Kier molecular flexibility index (Phi) is 4.06. The average molecular weight is 355 g/mol. The third kappa shape index (κ3) is 3.05. The maximum Gasteiger partial charge on any atom is 0.254 e. The summed E-state index contributed by atoms with van der Waals surface area (Å²) in [4.78, 5) is 17.6. The maximum absolute atomic E-state index is 13.0. The fourth-order valence-electron chi connectivity index (χ4n) is 3.23. The summed E-state index contributed by atoms with van der Waals surface area (Å²) < 4.78 is 13.0. The fourth-order valence-corrected chi connectivity index (χ4v) is 3.40. The number of aromatic nitrogens is 1. The van der Waals surface area contributed by atoms with E-state index in [1.54, 1.807) is 4.90 Å². The first-order valence-corrected chi connectivity index (χ1v) is 8.50. The molecule has 3 aromatic rings.